The fourth-order valence-electron chi connectivity index (χ4n) is 3.56. The highest BCUT2D eigenvalue weighted by atomic mass is 16.7. The lowest BCUT2D eigenvalue weighted by Crippen LogP contribution is -2.39. The summed E-state index contributed by atoms with van der Waals surface area (Å²) in [5.41, 5.74) is 0.979. The van der Waals surface area contributed by atoms with E-state index in [1.165, 1.54) is 0 Å². The van der Waals surface area contributed by atoms with E-state index >= 15 is 0 Å². The lowest BCUT2D eigenvalue weighted by Gasteiger charge is -2.33. The zero-order valence-electron chi connectivity index (χ0n) is 14.3. The van der Waals surface area contributed by atoms with Crippen molar-refractivity contribution < 1.29 is 23.8 Å². The molecule has 5 heteroatoms. The standard InChI is InChI=1S/C20H22O5/c1-3-4-15-11-20(19(10-17(15)22)24-13-25-20)8-7-14-5-6-18(23-2)16(9-14)12-21/h3,5-6,9-10,12,15H,1,4,7-8,11,13H2,2H3/t15-,20-/m0/s1. The molecule has 1 aromatic carbocycles. The maximum Gasteiger partial charge on any atom is 0.189 e. The number of ether oxygens (including phenoxy) is 3. The van der Waals surface area contributed by atoms with Crippen LogP contribution in [0.1, 0.15) is 35.2 Å². The Labute approximate surface area is 147 Å². The second-order valence-electron chi connectivity index (χ2n) is 6.43. The van der Waals surface area contributed by atoms with Gasteiger partial charge in [-0.3, -0.25) is 9.59 Å². The van der Waals surface area contributed by atoms with Gasteiger partial charge in [-0.25, -0.2) is 0 Å². The number of methoxy groups -OCH3 is 1. The van der Waals surface area contributed by atoms with Crippen molar-refractivity contribution in [2.24, 2.45) is 5.92 Å². The summed E-state index contributed by atoms with van der Waals surface area (Å²) in [6, 6.07) is 5.57. The van der Waals surface area contributed by atoms with Crippen molar-refractivity contribution in [3.63, 3.8) is 0 Å². The van der Waals surface area contributed by atoms with Crippen LogP contribution in [0, 0.1) is 5.92 Å². The van der Waals surface area contributed by atoms with Crippen molar-refractivity contribution in [3.05, 3.63) is 53.8 Å². The Balaban J connectivity index is 1.79. The van der Waals surface area contributed by atoms with Crippen LogP contribution in [0.25, 0.3) is 0 Å². The molecule has 0 unspecified atom stereocenters. The maximum atomic E-state index is 12.2. The molecule has 0 radical (unpaired) electrons. The van der Waals surface area contributed by atoms with Crippen molar-refractivity contribution >= 4 is 12.1 Å². The topological polar surface area (TPSA) is 61.8 Å². The van der Waals surface area contributed by atoms with E-state index in [4.69, 9.17) is 14.2 Å². The van der Waals surface area contributed by atoms with Gasteiger partial charge in [0, 0.05) is 12.0 Å². The minimum Gasteiger partial charge on any atom is -0.496 e. The molecule has 25 heavy (non-hydrogen) atoms. The Morgan fingerprint density at radius 3 is 3.00 bits per heavy atom. The molecule has 1 aromatic rings. The SMILES string of the molecule is C=CC[C@H]1C[C@]2(CCc3ccc(OC)c(C=O)c3)OCOC2=CC1=O. The first kappa shape index (κ1) is 17.4. The molecule has 0 saturated carbocycles. The van der Waals surface area contributed by atoms with Gasteiger partial charge in [0.05, 0.1) is 12.7 Å². The number of rotatable bonds is 7. The summed E-state index contributed by atoms with van der Waals surface area (Å²) in [4.78, 5) is 23.4. The van der Waals surface area contributed by atoms with E-state index in [2.05, 4.69) is 6.58 Å². The molecule has 0 bridgehead atoms. The number of carbonyl (C=O) groups is 2. The van der Waals surface area contributed by atoms with Gasteiger partial charge in [0.15, 0.2) is 18.9 Å². The van der Waals surface area contributed by atoms with Crippen LogP contribution in [-0.2, 0) is 20.7 Å². The molecule has 132 valence electrons. The van der Waals surface area contributed by atoms with Crippen molar-refractivity contribution in [1.82, 2.24) is 0 Å². The molecule has 0 N–H and O–H groups in total. The van der Waals surface area contributed by atoms with Gasteiger partial charge in [-0.2, -0.15) is 0 Å². The number of aryl methyl sites for hydroxylation is 1. The first-order chi connectivity index (χ1) is 12.1. The Hall–Kier alpha value is -2.40. The van der Waals surface area contributed by atoms with Gasteiger partial charge in [-0.15, -0.1) is 6.58 Å². The van der Waals surface area contributed by atoms with E-state index in [0.29, 0.717) is 42.8 Å². The lowest BCUT2D eigenvalue weighted by atomic mass is 9.76. The molecule has 0 amide bonds. The zero-order chi connectivity index (χ0) is 17.9. The van der Waals surface area contributed by atoms with Crippen LogP contribution in [0.15, 0.2) is 42.7 Å². The molecule has 1 saturated heterocycles. The number of carbonyl (C=O) groups excluding carboxylic acids is 2. The minimum atomic E-state index is -0.567. The van der Waals surface area contributed by atoms with E-state index < -0.39 is 5.60 Å². The summed E-state index contributed by atoms with van der Waals surface area (Å²) in [6.45, 7) is 3.91. The molecule has 0 aromatic heterocycles. The van der Waals surface area contributed by atoms with Crippen LogP contribution in [0.5, 0.6) is 5.75 Å². The van der Waals surface area contributed by atoms with Gasteiger partial charge in [-0.1, -0.05) is 12.1 Å². The zero-order valence-corrected chi connectivity index (χ0v) is 14.3. The van der Waals surface area contributed by atoms with Crippen molar-refractivity contribution in [2.45, 2.75) is 31.3 Å². The molecule has 2 atom stereocenters. The lowest BCUT2D eigenvalue weighted by molar-refractivity contribution is -0.121. The molecule has 1 fully saturated rings. The summed E-state index contributed by atoms with van der Waals surface area (Å²) in [5, 5.41) is 0. The van der Waals surface area contributed by atoms with Crippen LogP contribution in [0.4, 0.5) is 0 Å². The van der Waals surface area contributed by atoms with Crippen LogP contribution in [0.3, 0.4) is 0 Å². The molecule has 2 aliphatic rings. The number of aldehydes is 1. The molecule has 1 heterocycles. The molecule has 3 rings (SSSR count). The van der Waals surface area contributed by atoms with Gasteiger partial charge in [-0.05, 0) is 43.4 Å². The first-order valence-corrected chi connectivity index (χ1v) is 8.37. The van der Waals surface area contributed by atoms with E-state index in [0.717, 1.165) is 11.8 Å². The molecular weight excluding hydrogens is 320 g/mol. The van der Waals surface area contributed by atoms with Gasteiger partial charge in [0.2, 0.25) is 0 Å². The molecule has 0 spiro atoms. The third-order valence-electron chi connectivity index (χ3n) is 4.94. The third kappa shape index (κ3) is 3.37. The number of allylic oxidation sites excluding steroid dienone is 2. The molecule has 1 aliphatic heterocycles. The predicted octanol–water partition coefficient (Wildman–Crippen LogP) is 3.23. The fraction of sp³-hybridized carbons (Fsp3) is 0.400. The Morgan fingerprint density at radius 1 is 1.44 bits per heavy atom. The summed E-state index contributed by atoms with van der Waals surface area (Å²) in [6.07, 6.45) is 6.76. The summed E-state index contributed by atoms with van der Waals surface area (Å²) >= 11 is 0. The van der Waals surface area contributed by atoms with Crippen LogP contribution in [0.2, 0.25) is 0 Å². The molecular formula is C20H22O5. The second kappa shape index (κ2) is 7.23. The third-order valence-corrected chi connectivity index (χ3v) is 4.94. The van der Waals surface area contributed by atoms with Crippen molar-refractivity contribution in [3.8, 4) is 5.75 Å². The van der Waals surface area contributed by atoms with Crippen LogP contribution >= 0.6 is 0 Å². The summed E-state index contributed by atoms with van der Waals surface area (Å²) in [5.74, 6) is 1.14. The van der Waals surface area contributed by atoms with Crippen molar-refractivity contribution in [1.29, 1.82) is 0 Å². The average molecular weight is 342 g/mol. The highest BCUT2D eigenvalue weighted by Gasteiger charge is 2.47. The fourth-order valence-corrected chi connectivity index (χ4v) is 3.56. The Bertz CT molecular complexity index is 721. The normalized spacial score (nSPS) is 24.9. The van der Waals surface area contributed by atoms with Crippen LogP contribution < -0.4 is 4.74 Å². The molecule has 1 aliphatic carbocycles. The smallest absolute Gasteiger partial charge is 0.189 e. The van der Waals surface area contributed by atoms with Gasteiger partial charge in [0.25, 0.3) is 0 Å². The van der Waals surface area contributed by atoms with E-state index in [-0.39, 0.29) is 18.5 Å². The quantitative estimate of drug-likeness (QED) is 0.562. The monoisotopic (exact) mass is 342 g/mol. The summed E-state index contributed by atoms with van der Waals surface area (Å²) < 4.78 is 16.6. The number of ketones is 1. The van der Waals surface area contributed by atoms with Gasteiger partial charge >= 0.3 is 0 Å². The molecule has 5 nitrogen and oxygen atoms in total. The number of hydrogen-bond donors (Lipinski definition) is 0. The summed E-state index contributed by atoms with van der Waals surface area (Å²) in [7, 11) is 1.54. The van der Waals surface area contributed by atoms with Gasteiger partial charge in [0.1, 0.15) is 17.1 Å². The van der Waals surface area contributed by atoms with E-state index in [9.17, 15) is 9.59 Å². The van der Waals surface area contributed by atoms with Crippen molar-refractivity contribution in [2.75, 3.05) is 13.9 Å². The predicted molar refractivity (Wildman–Crippen MR) is 92.5 cm³/mol. The average Bonchev–Trinajstić information content (AvgIpc) is 3.03. The minimum absolute atomic E-state index is 0.0729. The number of fused-ring (bicyclic) bond motifs is 1. The highest BCUT2D eigenvalue weighted by molar-refractivity contribution is 5.93. The number of hydrogen-bond acceptors (Lipinski definition) is 5. The van der Waals surface area contributed by atoms with E-state index in [1.807, 2.05) is 12.1 Å². The van der Waals surface area contributed by atoms with E-state index in [1.54, 1.807) is 25.3 Å². The Morgan fingerprint density at radius 2 is 2.28 bits per heavy atom. The number of benzene rings is 1. The second-order valence-corrected chi connectivity index (χ2v) is 6.43. The largest absolute Gasteiger partial charge is 0.496 e. The Kier molecular flexibility index (Phi) is 5.04. The van der Waals surface area contributed by atoms with Crippen LogP contribution in [-0.4, -0.2) is 31.6 Å². The highest BCUT2D eigenvalue weighted by Crippen LogP contribution is 2.43. The maximum absolute atomic E-state index is 12.2. The first-order valence-electron chi connectivity index (χ1n) is 8.37. The van der Waals surface area contributed by atoms with Gasteiger partial charge < -0.3 is 14.2 Å².